The Morgan fingerprint density at radius 2 is 2.21 bits per heavy atom. The Kier molecular flexibility index (Phi) is 2.56. The van der Waals surface area contributed by atoms with E-state index < -0.39 is 0 Å². The molecule has 0 bridgehead atoms. The smallest absolute Gasteiger partial charge is 0.0492 e. The van der Waals surface area contributed by atoms with Gasteiger partial charge in [-0.05, 0) is 19.5 Å². The van der Waals surface area contributed by atoms with Crippen LogP contribution < -0.4 is 5.73 Å². The lowest BCUT2D eigenvalue weighted by Crippen LogP contribution is -2.44. The molecule has 0 aromatic carbocycles. The second-order valence-electron chi connectivity index (χ2n) is 4.29. The van der Waals surface area contributed by atoms with E-state index in [-0.39, 0.29) is 0 Å². The molecule has 0 spiro atoms. The van der Waals surface area contributed by atoms with Crippen LogP contribution in [0, 0.1) is 0 Å². The molecule has 2 heterocycles. The summed E-state index contributed by atoms with van der Waals surface area (Å²) in [6.07, 6.45) is 2.93. The summed E-state index contributed by atoms with van der Waals surface area (Å²) in [5.41, 5.74) is 7.30. The van der Waals surface area contributed by atoms with E-state index in [1.165, 1.54) is 5.69 Å². The molecule has 1 aliphatic heterocycles. The molecule has 1 saturated heterocycles. The summed E-state index contributed by atoms with van der Waals surface area (Å²) >= 11 is 0. The first-order valence-corrected chi connectivity index (χ1v) is 5.09. The van der Waals surface area contributed by atoms with Crippen molar-refractivity contribution in [3.05, 3.63) is 18.0 Å². The molecular weight excluding hydrogens is 176 g/mol. The van der Waals surface area contributed by atoms with Gasteiger partial charge < -0.3 is 10.6 Å². The van der Waals surface area contributed by atoms with E-state index in [2.05, 4.69) is 23.1 Å². The lowest BCUT2D eigenvalue weighted by atomic mass is 9.92. The third kappa shape index (κ3) is 1.81. The molecule has 2 unspecified atom stereocenters. The molecule has 1 aliphatic rings. The first-order chi connectivity index (χ1) is 6.66. The van der Waals surface area contributed by atoms with Crippen LogP contribution in [0.25, 0.3) is 0 Å². The predicted octanol–water partition coefficient (Wildman–Crippen LogP) is 0.166. The zero-order valence-corrected chi connectivity index (χ0v) is 8.85. The fourth-order valence-corrected chi connectivity index (χ4v) is 2.36. The number of nitrogens with two attached hydrogens (primary N) is 1. The van der Waals surface area contributed by atoms with E-state index in [1.54, 1.807) is 0 Å². The zero-order valence-electron chi connectivity index (χ0n) is 8.85. The molecule has 0 saturated carbocycles. The van der Waals surface area contributed by atoms with Crippen molar-refractivity contribution in [2.75, 3.05) is 20.1 Å². The highest BCUT2D eigenvalue weighted by atomic mass is 15.3. The number of nitrogens with zero attached hydrogens (tertiary/aromatic N) is 3. The Balaban J connectivity index is 2.15. The van der Waals surface area contributed by atoms with Gasteiger partial charge in [0.2, 0.25) is 0 Å². The molecule has 0 radical (unpaired) electrons. The summed E-state index contributed by atoms with van der Waals surface area (Å²) in [5, 5.41) is 4.20. The zero-order chi connectivity index (χ0) is 10.1. The maximum atomic E-state index is 6.00. The lowest BCUT2D eigenvalue weighted by molar-refractivity contribution is 0.222. The molecule has 0 aliphatic carbocycles. The summed E-state index contributed by atoms with van der Waals surface area (Å²) in [6.45, 7) is 2.10. The number of likely N-dealkylation sites (tertiary alicyclic amines) is 1. The second-order valence-corrected chi connectivity index (χ2v) is 4.29. The average Bonchev–Trinajstić information content (AvgIpc) is 2.49. The van der Waals surface area contributed by atoms with E-state index in [0.717, 1.165) is 19.5 Å². The summed E-state index contributed by atoms with van der Waals surface area (Å²) in [5.74, 6) is 0.538. The van der Waals surface area contributed by atoms with Gasteiger partial charge in [-0.2, -0.15) is 5.10 Å². The van der Waals surface area contributed by atoms with Crippen LogP contribution in [-0.4, -0.2) is 40.9 Å². The van der Waals surface area contributed by atoms with Crippen LogP contribution in [0.5, 0.6) is 0 Å². The summed E-state index contributed by atoms with van der Waals surface area (Å²) in [4.78, 5) is 2.30. The van der Waals surface area contributed by atoms with E-state index in [4.69, 9.17) is 5.73 Å². The number of piperidine rings is 1. The van der Waals surface area contributed by atoms with Crippen LogP contribution in [0.1, 0.15) is 18.0 Å². The minimum atomic E-state index is 0.300. The molecule has 2 N–H and O–H groups in total. The van der Waals surface area contributed by atoms with Gasteiger partial charge in [0.05, 0.1) is 0 Å². The first-order valence-electron chi connectivity index (χ1n) is 5.09. The topological polar surface area (TPSA) is 47.1 Å². The second kappa shape index (κ2) is 3.71. The van der Waals surface area contributed by atoms with Crippen molar-refractivity contribution >= 4 is 0 Å². The quantitative estimate of drug-likeness (QED) is 0.693. The lowest BCUT2D eigenvalue weighted by Gasteiger charge is -2.33. The van der Waals surface area contributed by atoms with Crippen LogP contribution in [0.2, 0.25) is 0 Å². The average molecular weight is 194 g/mol. The Hall–Kier alpha value is -0.870. The van der Waals surface area contributed by atoms with Crippen LogP contribution >= 0.6 is 0 Å². The molecule has 14 heavy (non-hydrogen) atoms. The monoisotopic (exact) mass is 194 g/mol. The van der Waals surface area contributed by atoms with E-state index >= 15 is 0 Å². The van der Waals surface area contributed by atoms with Crippen molar-refractivity contribution in [3.8, 4) is 0 Å². The van der Waals surface area contributed by atoms with Gasteiger partial charge in [0.1, 0.15) is 0 Å². The number of hydrogen-bond acceptors (Lipinski definition) is 3. The molecule has 0 amide bonds. The summed E-state index contributed by atoms with van der Waals surface area (Å²) in [6, 6.07) is 2.39. The Morgan fingerprint density at radius 1 is 1.43 bits per heavy atom. The largest absolute Gasteiger partial charge is 0.327 e. The van der Waals surface area contributed by atoms with Gasteiger partial charge >= 0.3 is 0 Å². The van der Waals surface area contributed by atoms with Gasteiger partial charge in [-0.25, -0.2) is 0 Å². The molecule has 78 valence electrons. The summed E-state index contributed by atoms with van der Waals surface area (Å²) in [7, 11) is 4.12. The predicted molar refractivity (Wildman–Crippen MR) is 56.0 cm³/mol. The Labute approximate surface area is 84.7 Å². The third-order valence-electron chi connectivity index (χ3n) is 2.94. The minimum absolute atomic E-state index is 0.300. The maximum absolute atomic E-state index is 6.00. The Morgan fingerprint density at radius 3 is 2.79 bits per heavy atom. The molecular formula is C10H18N4. The number of aryl methyl sites for hydroxylation is 1. The van der Waals surface area contributed by atoms with Gasteiger partial charge in [0.25, 0.3) is 0 Å². The number of hydrogen-bond donors (Lipinski definition) is 1. The normalized spacial score (nSPS) is 29.4. The van der Waals surface area contributed by atoms with Gasteiger partial charge in [0.15, 0.2) is 0 Å². The first kappa shape index (κ1) is 9.68. The van der Waals surface area contributed by atoms with Gasteiger partial charge in [0, 0.05) is 44.0 Å². The SMILES string of the molecule is CN1CC(N)CC(c2ccnn2C)C1. The fourth-order valence-electron chi connectivity index (χ4n) is 2.36. The van der Waals surface area contributed by atoms with Crippen molar-refractivity contribution in [2.24, 2.45) is 12.8 Å². The van der Waals surface area contributed by atoms with Crippen LogP contribution in [0.15, 0.2) is 12.3 Å². The molecule has 2 atom stereocenters. The van der Waals surface area contributed by atoms with Crippen molar-refractivity contribution in [3.63, 3.8) is 0 Å². The molecule has 4 heteroatoms. The van der Waals surface area contributed by atoms with Crippen LogP contribution in [-0.2, 0) is 7.05 Å². The highest BCUT2D eigenvalue weighted by Gasteiger charge is 2.25. The van der Waals surface area contributed by atoms with Crippen molar-refractivity contribution in [2.45, 2.75) is 18.4 Å². The van der Waals surface area contributed by atoms with E-state index in [9.17, 15) is 0 Å². The fraction of sp³-hybridized carbons (Fsp3) is 0.700. The van der Waals surface area contributed by atoms with E-state index in [1.807, 2.05) is 17.9 Å². The molecule has 1 aromatic rings. The molecule has 1 aromatic heterocycles. The molecule has 2 rings (SSSR count). The molecule has 4 nitrogen and oxygen atoms in total. The van der Waals surface area contributed by atoms with E-state index in [0.29, 0.717) is 12.0 Å². The van der Waals surface area contributed by atoms with Crippen molar-refractivity contribution in [1.82, 2.24) is 14.7 Å². The van der Waals surface area contributed by atoms with Crippen LogP contribution in [0.4, 0.5) is 0 Å². The van der Waals surface area contributed by atoms with Crippen LogP contribution in [0.3, 0.4) is 0 Å². The highest BCUT2D eigenvalue weighted by Crippen LogP contribution is 2.24. The van der Waals surface area contributed by atoms with Crippen molar-refractivity contribution in [1.29, 1.82) is 0 Å². The number of rotatable bonds is 1. The standard InChI is InChI=1S/C10H18N4/c1-13-6-8(5-9(11)7-13)10-3-4-12-14(10)2/h3-4,8-9H,5-7,11H2,1-2H3. The Bertz CT molecular complexity index is 297. The van der Waals surface area contributed by atoms with Gasteiger partial charge in [-0.1, -0.05) is 0 Å². The third-order valence-corrected chi connectivity index (χ3v) is 2.94. The summed E-state index contributed by atoms with van der Waals surface area (Å²) < 4.78 is 1.95. The minimum Gasteiger partial charge on any atom is -0.327 e. The van der Waals surface area contributed by atoms with Gasteiger partial charge in [-0.3, -0.25) is 4.68 Å². The number of aromatic nitrogens is 2. The van der Waals surface area contributed by atoms with Crippen molar-refractivity contribution < 1.29 is 0 Å². The molecule has 1 fully saturated rings. The number of likely N-dealkylation sites (N-methyl/N-ethyl adjacent to an activating group) is 1. The van der Waals surface area contributed by atoms with Gasteiger partial charge in [-0.15, -0.1) is 0 Å². The highest BCUT2D eigenvalue weighted by molar-refractivity contribution is 5.10. The maximum Gasteiger partial charge on any atom is 0.0492 e.